The molecule has 7 heteroatoms. The molecule has 0 aliphatic carbocycles. The summed E-state index contributed by atoms with van der Waals surface area (Å²) >= 11 is 0.492. The lowest BCUT2D eigenvalue weighted by molar-refractivity contribution is 0.251. The lowest BCUT2D eigenvalue weighted by Gasteiger charge is -2.16. The van der Waals surface area contributed by atoms with Crippen LogP contribution in [0, 0.1) is 6.92 Å². The van der Waals surface area contributed by atoms with Gasteiger partial charge in [0.25, 0.3) is 5.76 Å². The summed E-state index contributed by atoms with van der Waals surface area (Å²) in [6.45, 7) is 4.66. The third-order valence-electron chi connectivity index (χ3n) is 3.44. The van der Waals surface area contributed by atoms with Crippen LogP contribution in [0.15, 0.2) is 29.3 Å². The van der Waals surface area contributed by atoms with Crippen molar-refractivity contribution in [2.75, 3.05) is 7.11 Å². The summed E-state index contributed by atoms with van der Waals surface area (Å²) in [5, 5.41) is 10.3. The van der Waals surface area contributed by atoms with Gasteiger partial charge < -0.3 is 10.1 Å². The average Bonchev–Trinajstić information content (AvgIpc) is 2.90. The molecule has 0 amide bonds. The Morgan fingerprint density at radius 2 is 2.18 bits per heavy atom. The molecule has 0 saturated heterocycles. The molecule has 0 saturated carbocycles. The molecule has 2 N–H and O–H groups in total. The summed E-state index contributed by atoms with van der Waals surface area (Å²) in [5.74, 6) is -1.99. The van der Waals surface area contributed by atoms with Crippen molar-refractivity contribution >= 4 is 11.8 Å². The van der Waals surface area contributed by atoms with Crippen LogP contribution in [0.1, 0.15) is 29.8 Å². The van der Waals surface area contributed by atoms with Crippen molar-refractivity contribution in [2.45, 2.75) is 37.1 Å². The molecule has 0 unspecified atom stereocenters. The van der Waals surface area contributed by atoms with Crippen LogP contribution in [0.2, 0.25) is 0 Å². The molecule has 1 atom stereocenters. The van der Waals surface area contributed by atoms with Crippen molar-refractivity contribution in [3.05, 3.63) is 41.2 Å². The molecule has 0 bridgehead atoms. The van der Waals surface area contributed by atoms with Gasteiger partial charge in [-0.2, -0.15) is 13.9 Å². The predicted octanol–water partition coefficient (Wildman–Crippen LogP) is 3.89. The van der Waals surface area contributed by atoms with Crippen LogP contribution >= 0.6 is 11.8 Å². The van der Waals surface area contributed by atoms with Gasteiger partial charge in [-0.3, -0.25) is 5.10 Å². The molecule has 0 spiro atoms. The number of aromatic nitrogens is 2. The summed E-state index contributed by atoms with van der Waals surface area (Å²) < 4.78 is 30.2. The Morgan fingerprint density at radius 3 is 2.77 bits per heavy atom. The van der Waals surface area contributed by atoms with Crippen LogP contribution < -0.4 is 10.1 Å². The van der Waals surface area contributed by atoms with Crippen LogP contribution in [0.5, 0.6) is 5.75 Å². The van der Waals surface area contributed by atoms with E-state index in [-0.39, 0.29) is 6.04 Å². The largest absolute Gasteiger partial charge is 0.496 e. The van der Waals surface area contributed by atoms with Crippen molar-refractivity contribution in [2.24, 2.45) is 0 Å². The maximum Gasteiger partial charge on any atom is 0.289 e. The van der Waals surface area contributed by atoms with Crippen molar-refractivity contribution < 1.29 is 13.5 Å². The van der Waals surface area contributed by atoms with Gasteiger partial charge in [-0.1, -0.05) is 17.8 Å². The highest BCUT2D eigenvalue weighted by Crippen LogP contribution is 2.35. The van der Waals surface area contributed by atoms with E-state index in [1.165, 1.54) is 7.11 Å². The number of benzene rings is 1. The number of nitrogens with zero attached hydrogens (tertiary/aromatic N) is 1. The van der Waals surface area contributed by atoms with Crippen LogP contribution in [-0.2, 0) is 6.54 Å². The molecule has 22 heavy (non-hydrogen) atoms. The van der Waals surface area contributed by atoms with Crippen LogP contribution in [-0.4, -0.2) is 23.1 Å². The SMILES string of the molecule is COc1cc([C@@H](C)NCc2cn[nH]c2C)ccc1SC(F)F. The first-order valence-corrected chi connectivity index (χ1v) is 7.74. The third kappa shape index (κ3) is 4.20. The fraction of sp³-hybridized carbons (Fsp3) is 0.400. The molecule has 1 aromatic heterocycles. The molecule has 1 heterocycles. The monoisotopic (exact) mass is 327 g/mol. The predicted molar refractivity (Wildman–Crippen MR) is 83.4 cm³/mol. The number of rotatable bonds is 7. The second kappa shape index (κ2) is 7.60. The average molecular weight is 327 g/mol. The second-order valence-electron chi connectivity index (χ2n) is 4.91. The first kappa shape index (κ1) is 16.8. The van der Waals surface area contributed by atoms with Crippen molar-refractivity contribution in [1.29, 1.82) is 0 Å². The number of aryl methyl sites for hydroxylation is 1. The molecule has 2 rings (SSSR count). The molecular formula is C15H19F2N3OS. The standard InChI is InChI=1S/C15H19F2N3OS/c1-9(18-7-12-8-19-20-10(12)2)11-4-5-14(22-15(16)17)13(6-11)21-3/h4-6,8-9,15,18H,7H2,1-3H3,(H,19,20)/t9-/m1/s1. The number of aromatic amines is 1. The molecule has 0 radical (unpaired) electrons. The number of hydrogen-bond donors (Lipinski definition) is 2. The number of methoxy groups -OCH3 is 1. The Bertz CT molecular complexity index is 619. The van der Waals surface area contributed by atoms with E-state index in [1.807, 2.05) is 19.9 Å². The molecular weight excluding hydrogens is 308 g/mol. The maximum absolute atomic E-state index is 12.5. The molecule has 2 aromatic rings. The highest BCUT2D eigenvalue weighted by atomic mass is 32.2. The topological polar surface area (TPSA) is 49.9 Å². The Labute approximate surface area is 132 Å². The van der Waals surface area contributed by atoms with E-state index in [0.717, 1.165) is 16.8 Å². The Kier molecular flexibility index (Phi) is 5.79. The van der Waals surface area contributed by atoms with Crippen molar-refractivity contribution in [3.63, 3.8) is 0 Å². The number of alkyl halides is 2. The van der Waals surface area contributed by atoms with E-state index in [2.05, 4.69) is 15.5 Å². The van der Waals surface area contributed by atoms with Gasteiger partial charge >= 0.3 is 0 Å². The molecule has 4 nitrogen and oxygen atoms in total. The summed E-state index contributed by atoms with van der Waals surface area (Å²) in [6, 6.07) is 5.37. The molecule has 0 aliphatic rings. The summed E-state index contributed by atoms with van der Waals surface area (Å²) in [4.78, 5) is 0.444. The van der Waals surface area contributed by atoms with Gasteiger partial charge in [-0.05, 0) is 31.5 Å². The zero-order valence-electron chi connectivity index (χ0n) is 12.7. The zero-order valence-corrected chi connectivity index (χ0v) is 13.5. The maximum atomic E-state index is 12.5. The number of halogens is 2. The van der Waals surface area contributed by atoms with E-state index in [0.29, 0.717) is 29.0 Å². The van der Waals surface area contributed by atoms with E-state index in [1.54, 1.807) is 18.3 Å². The minimum Gasteiger partial charge on any atom is -0.496 e. The quantitative estimate of drug-likeness (QED) is 0.758. The van der Waals surface area contributed by atoms with Gasteiger partial charge in [0.1, 0.15) is 5.75 Å². The molecule has 0 fully saturated rings. The minimum absolute atomic E-state index is 0.0637. The van der Waals surface area contributed by atoms with E-state index in [4.69, 9.17) is 4.74 Å². The fourth-order valence-electron chi connectivity index (χ4n) is 2.08. The lowest BCUT2D eigenvalue weighted by Crippen LogP contribution is -2.18. The number of hydrogen-bond acceptors (Lipinski definition) is 4. The highest BCUT2D eigenvalue weighted by molar-refractivity contribution is 7.99. The lowest BCUT2D eigenvalue weighted by atomic mass is 10.1. The third-order valence-corrected chi connectivity index (χ3v) is 4.21. The number of nitrogens with one attached hydrogen (secondary N) is 2. The second-order valence-corrected chi connectivity index (χ2v) is 5.94. The smallest absolute Gasteiger partial charge is 0.289 e. The van der Waals surface area contributed by atoms with Gasteiger partial charge in [0, 0.05) is 23.8 Å². The van der Waals surface area contributed by atoms with Gasteiger partial charge in [0.05, 0.1) is 18.2 Å². The zero-order chi connectivity index (χ0) is 16.1. The van der Waals surface area contributed by atoms with Gasteiger partial charge in [0.15, 0.2) is 0 Å². The number of thioether (sulfide) groups is 1. The fourth-order valence-corrected chi connectivity index (χ4v) is 2.68. The van der Waals surface area contributed by atoms with Gasteiger partial charge in [-0.25, -0.2) is 0 Å². The first-order valence-electron chi connectivity index (χ1n) is 6.86. The molecule has 1 aromatic carbocycles. The Balaban J connectivity index is 2.06. The molecule has 120 valence electrons. The Hall–Kier alpha value is -1.60. The molecule has 0 aliphatic heterocycles. The van der Waals surface area contributed by atoms with Gasteiger partial charge in [0.2, 0.25) is 0 Å². The normalized spacial score (nSPS) is 12.6. The summed E-state index contributed by atoms with van der Waals surface area (Å²) in [5.41, 5.74) is 3.11. The van der Waals surface area contributed by atoms with Crippen LogP contribution in [0.25, 0.3) is 0 Å². The van der Waals surface area contributed by atoms with Crippen molar-refractivity contribution in [3.8, 4) is 5.75 Å². The van der Waals surface area contributed by atoms with E-state index in [9.17, 15) is 8.78 Å². The summed E-state index contributed by atoms with van der Waals surface area (Å²) in [6.07, 6.45) is 1.79. The Morgan fingerprint density at radius 1 is 1.41 bits per heavy atom. The minimum atomic E-state index is -2.46. The number of H-pyrrole nitrogens is 1. The van der Waals surface area contributed by atoms with Crippen molar-refractivity contribution in [1.82, 2.24) is 15.5 Å². The van der Waals surface area contributed by atoms with E-state index >= 15 is 0 Å². The first-order chi connectivity index (χ1) is 10.5. The number of ether oxygens (including phenoxy) is 1. The van der Waals surface area contributed by atoms with Crippen LogP contribution in [0.3, 0.4) is 0 Å². The van der Waals surface area contributed by atoms with Gasteiger partial charge in [-0.15, -0.1) is 0 Å². The van der Waals surface area contributed by atoms with E-state index < -0.39 is 5.76 Å². The van der Waals surface area contributed by atoms with Crippen LogP contribution in [0.4, 0.5) is 8.78 Å². The summed E-state index contributed by atoms with van der Waals surface area (Å²) in [7, 11) is 1.49. The highest BCUT2D eigenvalue weighted by Gasteiger charge is 2.14.